The number of ether oxygens (including phenoxy) is 1. The largest absolute Gasteiger partial charge is 0.457 e. The Hall–Kier alpha value is -3.85. The van der Waals surface area contributed by atoms with Crippen LogP contribution in [-0.2, 0) is 26.2 Å². The van der Waals surface area contributed by atoms with Crippen LogP contribution < -0.4 is 14.4 Å². The van der Waals surface area contributed by atoms with Crippen molar-refractivity contribution in [2.24, 2.45) is 0 Å². The van der Waals surface area contributed by atoms with Crippen LogP contribution >= 0.6 is 0 Å². The quantitative estimate of drug-likeness (QED) is 0.342. The number of carbonyl (C=O) groups excluding carboxylic acids is 2. The van der Waals surface area contributed by atoms with Crippen molar-refractivity contribution in [1.29, 1.82) is 0 Å². The van der Waals surface area contributed by atoms with Crippen molar-refractivity contribution in [2.45, 2.75) is 59.2 Å². The van der Waals surface area contributed by atoms with Crippen LogP contribution in [0, 0.1) is 6.92 Å². The van der Waals surface area contributed by atoms with Crippen LogP contribution in [0.4, 0.5) is 5.69 Å². The highest BCUT2D eigenvalue weighted by atomic mass is 32.2. The number of amides is 2. The van der Waals surface area contributed by atoms with E-state index in [1.54, 1.807) is 24.3 Å². The Kier molecular flexibility index (Phi) is 9.98. The number of nitrogens with zero attached hydrogens (tertiary/aromatic N) is 2. The molecule has 0 fully saturated rings. The highest BCUT2D eigenvalue weighted by Crippen LogP contribution is 2.26. The first-order chi connectivity index (χ1) is 18.8. The molecule has 3 aromatic carbocycles. The van der Waals surface area contributed by atoms with Crippen molar-refractivity contribution in [3.05, 3.63) is 90.0 Å². The summed E-state index contributed by atoms with van der Waals surface area (Å²) in [5.41, 5.74) is 1.69. The maximum absolute atomic E-state index is 13.9. The van der Waals surface area contributed by atoms with Gasteiger partial charge in [-0.3, -0.25) is 13.9 Å². The summed E-state index contributed by atoms with van der Waals surface area (Å²) in [5.74, 6) is 0.411. The number of benzene rings is 3. The van der Waals surface area contributed by atoms with E-state index in [-0.39, 0.29) is 12.5 Å². The smallest absolute Gasteiger partial charge is 0.244 e. The van der Waals surface area contributed by atoms with E-state index in [4.69, 9.17) is 4.74 Å². The van der Waals surface area contributed by atoms with Crippen LogP contribution in [-0.4, -0.2) is 49.5 Å². The number of hydrogen-bond acceptors (Lipinski definition) is 5. The number of sulfonamides is 1. The van der Waals surface area contributed by atoms with E-state index < -0.39 is 34.1 Å². The van der Waals surface area contributed by atoms with Crippen molar-refractivity contribution in [3.8, 4) is 11.5 Å². The molecule has 0 aliphatic heterocycles. The summed E-state index contributed by atoms with van der Waals surface area (Å²) in [7, 11) is -3.83. The molecule has 8 nitrogen and oxygen atoms in total. The lowest BCUT2D eigenvalue weighted by atomic mass is 10.0. The molecule has 0 heterocycles. The van der Waals surface area contributed by atoms with Crippen LogP contribution in [0.15, 0.2) is 78.9 Å². The Labute approximate surface area is 238 Å². The van der Waals surface area contributed by atoms with E-state index in [9.17, 15) is 18.0 Å². The predicted octanol–water partition coefficient (Wildman–Crippen LogP) is 5.28. The number of hydrogen-bond donors (Lipinski definition) is 1. The number of carbonyl (C=O) groups is 2. The lowest BCUT2D eigenvalue weighted by molar-refractivity contribution is -0.141. The number of anilines is 1. The molecule has 0 saturated heterocycles. The molecule has 0 bridgehead atoms. The van der Waals surface area contributed by atoms with E-state index in [0.29, 0.717) is 23.6 Å². The molecule has 3 rings (SSSR count). The first-order valence-corrected chi connectivity index (χ1v) is 15.1. The van der Waals surface area contributed by atoms with Gasteiger partial charge in [-0.2, -0.15) is 0 Å². The third-order valence-electron chi connectivity index (χ3n) is 6.10. The molecule has 0 spiro atoms. The minimum absolute atomic E-state index is 0.165. The Balaban J connectivity index is 1.91. The standard InChI is InChI=1S/C31H39N3O5S/c1-7-28(30(36)32-31(3,4)5)33(21-24-13-11-12-23(2)20-24)29(35)22-34(40(6,37)38)25-16-18-27(19-17-25)39-26-14-9-8-10-15-26/h8-20,28H,7,21-22H2,1-6H3,(H,32,36)/t28-/m1/s1. The van der Waals surface area contributed by atoms with Gasteiger partial charge in [-0.25, -0.2) is 8.42 Å². The third kappa shape index (κ3) is 8.84. The van der Waals surface area contributed by atoms with Gasteiger partial charge in [0.05, 0.1) is 11.9 Å². The zero-order chi connectivity index (χ0) is 29.5. The zero-order valence-corrected chi connectivity index (χ0v) is 24.9. The fraction of sp³-hybridized carbons (Fsp3) is 0.355. The number of para-hydroxylation sites is 1. The van der Waals surface area contributed by atoms with E-state index in [1.165, 1.54) is 4.90 Å². The van der Waals surface area contributed by atoms with Gasteiger partial charge in [0.2, 0.25) is 21.8 Å². The van der Waals surface area contributed by atoms with Crippen molar-refractivity contribution < 1.29 is 22.7 Å². The third-order valence-corrected chi connectivity index (χ3v) is 7.24. The second kappa shape index (κ2) is 13.0. The Bertz CT molecular complexity index is 1400. The van der Waals surface area contributed by atoms with Gasteiger partial charge in [0.25, 0.3) is 0 Å². The summed E-state index contributed by atoms with van der Waals surface area (Å²) in [5, 5.41) is 2.97. The van der Waals surface area contributed by atoms with Crippen molar-refractivity contribution in [2.75, 3.05) is 17.1 Å². The molecule has 0 saturated carbocycles. The van der Waals surface area contributed by atoms with Gasteiger partial charge in [-0.1, -0.05) is 55.0 Å². The van der Waals surface area contributed by atoms with Crippen molar-refractivity contribution in [3.63, 3.8) is 0 Å². The van der Waals surface area contributed by atoms with Crippen LogP contribution in [0.2, 0.25) is 0 Å². The molecular formula is C31H39N3O5S. The van der Waals surface area contributed by atoms with Gasteiger partial charge >= 0.3 is 0 Å². The Morgan fingerprint density at radius 3 is 2.10 bits per heavy atom. The normalized spacial score (nSPS) is 12.3. The summed E-state index contributed by atoms with van der Waals surface area (Å²) in [6, 6.07) is 22.6. The molecule has 0 aliphatic carbocycles. The summed E-state index contributed by atoms with van der Waals surface area (Å²) in [4.78, 5) is 28.6. The second-order valence-corrected chi connectivity index (χ2v) is 12.8. The maximum atomic E-state index is 13.9. The molecule has 9 heteroatoms. The maximum Gasteiger partial charge on any atom is 0.244 e. The van der Waals surface area contributed by atoms with Gasteiger partial charge in [-0.15, -0.1) is 0 Å². The Morgan fingerprint density at radius 1 is 0.925 bits per heavy atom. The van der Waals surface area contributed by atoms with E-state index in [0.717, 1.165) is 21.7 Å². The van der Waals surface area contributed by atoms with E-state index >= 15 is 0 Å². The van der Waals surface area contributed by atoms with Crippen molar-refractivity contribution >= 4 is 27.5 Å². The molecular weight excluding hydrogens is 526 g/mol. The minimum Gasteiger partial charge on any atom is -0.457 e. The van der Waals surface area contributed by atoms with Crippen LogP contribution in [0.5, 0.6) is 11.5 Å². The van der Waals surface area contributed by atoms with Gasteiger partial charge in [-0.05, 0) is 76.1 Å². The van der Waals surface area contributed by atoms with Gasteiger partial charge < -0.3 is 15.0 Å². The van der Waals surface area contributed by atoms with Crippen LogP contribution in [0.25, 0.3) is 0 Å². The monoisotopic (exact) mass is 565 g/mol. The number of aryl methyl sites for hydroxylation is 1. The number of rotatable bonds is 11. The number of nitrogens with one attached hydrogen (secondary N) is 1. The summed E-state index contributed by atoms with van der Waals surface area (Å²) in [6.07, 6.45) is 1.42. The zero-order valence-electron chi connectivity index (χ0n) is 24.0. The van der Waals surface area contributed by atoms with Gasteiger partial charge in [0, 0.05) is 12.1 Å². The second-order valence-electron chi connectivity index (χ2n) is 10.9. The molecule has 0 aromatic heterocycles. The van der Waals surface area contributed by atoms with Gasteiger partial charge in [0.15, 0.2) is 0 Å². The lowest BCUT2D eigenvalue weighted by Crippen LogP contribution is -2.55. The summed E-state index contributed by atoms with van der Waals surface area (Å²) >= 11 is 0. The Morgan fingerprint density at radius 2 is 1.55 bits per heavy atom. The average molecular weight is 566 g/mol. The molecule has 0 radical (unpaired) electrons. The molecule has 40 heavy (non-hydrogen) atoms. The molecule has 2 amide bonds. The fourth-order valence-corrected chi connectivity index (χ4v) is 5.15. The van der Waals surface area contributed by atoms with Crippen molar-refractivity contribution in [1.82, 2.24) is 10.2 Å². The fourth-order valence-electron chi connectivity index (χ4n) is 4.30. The predicted molar refractivity (Wildman–Crippen MR) is 159 cm³/mol. The molecule has 214 valence electrons. The molecule has 1 atom stereocenters. The SMILES string of the molecule is CC[C@H](C(=O)NC(C)(C)C)N(Cc1cccc(C)c1)C(=O)CN(c1ccc(Oc2ccccc2)cc1)S(C)(=O)=O. The summed E-state index contributed by atoms with van der Waals surface area (Å²) in [6.45, 7) is 9.13. The minimum atomic E-state index is -3.83. The molecule has 0 aliphatic rings. The van der Waals surface area contributed by atoms with Gasteiger partial charge in [0.1, 0.15) is 24.1 Å². The highest BCUT2D eigenvalue weighted by Gasteiger charge is 2.33. The topological polar surface area (TPSA) is 96.0 Å². The summed E-state index contributed by atoms with van der Waals surface area (Å²) < 4.78 is 32.6. The van der Waals surface area contributed by atoms with Crippen LogP contribution in [0.1, 0.15) is 45.2 Å². The first kappa shape index (κ1) is 30.7. The highest BCUT2D eigenvalue weighted by molar-refractivity contribution is 7.92. The first-order valence-electron chi connectivity index (χ1n) is 13.2. The molecule has 1 N–H and O–H groups in total. The molecule has 3 aromatic rings. The lowest BCUT2D eigenvalue weighted by Gasteiger charge is -2.34. The van der Waals surface area contributed by atoms with E-state index in [2.05, 4.69) is 5.32 Å². The van der Waals surface area contributed by atoms with E-state index in [1.807, 2.05) is 89.2 Å². The average Bonchev–Trinajstić information content (AvgIpc) is 2.86. The van der Waals surface area contributed by atoms with Crippen LogP contribution in [0.3, 0.4) is 0 Å². The molecule has 0 unspecified atom stereocenters.